The largest absolute Gasteiger partial charge is 0.379 e. The summed E-state index contributed by atoms with van der Waals surface area (Å²) >= 11 is 6.13. The summed E-state index contributed by atoms with van der Waals surface area (Å²) in [5, 5.41) is 14.3. The van der Waals surface area contributed by atoms with Crippen LogP contribution in [0.1, 0.15) is 16.7 Å². The smallest absolute Gasteiger partial charge is 0.103 e. The molecule has 6 heteroatoms. The van der Waals surface area contributed by atoms with E-state index in [1.165, 1.54) is 5.56 Å². The molecule has 5 nitrogen and oxygen atoms in total. The molecule has 27 heavy (non-hydrogen) atoms. The highest BCUT2D eigenvalue weighted by Gasteiger charge is 2.09. The molecule has 4 rings (SSSR count). The van der Waals surface area contributed by atoms with E-state index in [-0.39, 0.29) is 0 Å². The van der Waals surface area contributed by atoms with Gasteiger partial charge in [-0.15, -0.1) is 0 Å². The summed E-state index contributed by atoms with van der Waals surface area (Å²) in [5.74, 6) is 0. The van der Waals surface area contributed by atoms with Gasteiger partial charge in [0.15, 0.2) is 0 Å². The lowest BCUT2D eigenvalue weighted by Crippen LogP contribution is -2.03. The molecule has 0 spiro atoms. The molecule has 132 valence electrons. The summed E-state index contributed by atoms with van der Waals surface area (Å²) in [6.45, 7) is 1.39. The molecule has 0 amide bonds. The van der Waals surface area contributed by atoms with E-state index in [1.807, 2.05) is 22.9 Å². The van der Waals surface area contributed by atoms with E-state index in [4.69, 9.17) is 11.6 Å². The van der Waals surface area contributed by atoms with E-state index in [1.54, 1.807) is 24.8 Å². The number of nitrogens with zero attached hydrogens (tertiary/aromatic N) is 4. The molecule has 0 aliphatic heterocycles. The fourth-order valence-electron chi connectivity index (χ4n) is 2.98. The van der Waals surface area contributed by atoms with Gasteiger partial charge in [-0.3, -0.25) is 4.98 Å². The number of imidazole rings is 1. The second-order valence-electron chi connectivity index (χ2n) is 6.23. The maximum Gasteiger partial charge on any atom is 0.103 e. The summed E-state index contributed by atoms with van der Waals surface area (Å²) in [4.78, 5) is 8.39. The molecule has 4 aromatic rings. The lowest BCUT2D eigenvalue weighted by atomic mass is 10.1. The number of fused-ring (bicyclic) bond motifs is 1. The Hall–Kier alpha value is -3.36. The minimum absolute atomic E-state index is 0.501. The zero-order valence-electron chi connectivity index (χ0n) is 14.4. The Morgan fingerprint density at radius 3 is 2.67 bits per heavy atom. The van der Waals surface area contributed by atoms with E-state index in [9.17, 15) is 5.26 Å². The fraction of sp³-hybridized carbons (Fsp3) is 0.0952. The van der Waals surface area contributed by atoms with Gasteiger partial charge in [0.25, 0.3) is 0 Å². The van der Waals surface area contributed by atoms with Crippen molar-refractivity contribution in [2.45, 2.75) is 13.1 Å². The highest BCUT2D eigenvalue weighted by molar-refractivity contribution is 6.31. The maximum absolute atomic E-state index is 9.43. The molecule has 2 aromatic carbocycles. The van der Waals surface area contributed by atoms with E-state index in [0.29, 0.717) is 17.1 Å². The first-order chi connectivity index (χ1) is 13.2. The number of nitriles is 1. The third-order valence-corrected chi connectivity index (χ3v) is 4.60. The topological polar surface area (TPSA) is 66.5 Å². The lowest BCUT2D eigenvalue weighted by molar-refractivity contribution is 0.797. The van der Waals surface area contributed by atoms with Crippen LogP contribution in [0.15, 0.2) is 67.4 Å². The Morgan fingerprint density at radius 1 is 1.11 bits per heavy atom. The van der Waals surface area contributed by atoms with Crippen LogP contribution in [-0.4, -0.2) is 14.5 Å². The highest BCUT2D eigenvalue weighted by atomic mass is 35.5. The first-order valence-corrected chi connectivity index (χ1v) is 8.86. The molecule has 2 heterocycles. The molecule has 0 radical (unpaired) electrons. The molecule has 0 saturated carbocycles. The van der Waals surface area contributed by atoms with E-state index in [0.717, 1.165) is 28.7 Å². The van der Waals surface area contributed by atoms with Crippen LogP contribution in [0.2, 0.25) is 5.02 Å². The number of anilines is 1. The van der Waals surface area contributed by atoms with Crippen molar-refractivity contribution in [3.63, 3.8) is 0 Å². The third kappa shape index (κ3) is 3.76. The molecule has 0 saturated heterocycles. The van der Waals surface area contributed by atoms with E-state index >= 15 is 0 Å². The Bertz CT molecular complexity index is 1110. The zero-order chi connectivity index (χ0) is 18.6. The molecule has 0 bridgehead atoms. The van der Waals surface area contributed by atoms with Gasteiger partial charge in [0.1, 0.15) is 6.07 Å². The lowest BCUT2D eigenvalue weighted by Gasteiger charge is -2.12. The summed E-state index contributed by atoms with van der Waals surface area (Å²) in [6.07, 6.45) is 7.11. The standard InChI is InChI=1S/C21H16ClN5/c22-18-5-6-20-19(9-18)21(17(10-23)12-25-20)26-11-15-1-3-16(4-2-15)13-27-8-7-24-14-27/h1-9,12,14H,11,13H2,(H,25,26). The first kappa shape index (κ1) is 17.1. The number of aromatic nitrogens is 3. The molecule has 0 atom stereocenters. The normalized spacial score (nSPS) is 10.7. The zero-order valence-corrected chi connectivity index (χ0v) is 15.2. The number of benzene rings is 2. The van der Waals surface area contributed by atoms with Crippen molar-refractivity contribution >= 4 is 28.2 Å². The predicted molar refractivity (Wildman–Crippen MR) is 107 cm³/mol. The molecule has 0 unspecified atom stereocenters. The van der Waals surface area contributed by atoms with Crippen LogP contribution in [0.5, 0.6) is 0 Å². The molecule has 0 aliphatic rings. The predicted octanol–water partition coefficient (Wildman–Crippen LogP) is 4.62. The van der Waals surface area contributed by atoms with E-state index < -0.39 is 0 Å². The first-order valence-electron chi connectivity index (χ1n) is 8.49. The molecule has 1 N–H and O–H groups in total. The number of hydrogen-bond donors (Lipinski definition) is 1. The minimum atomic E-state index is 0.501. The Labute approximate surface area is 161 Å². The second kappa shape index (κ2) is 7.48. The monoisotopic (exact) mass is 373 g/mol. The van der Waals surface area contributed by atoms with Gasteiger partial charge in [0, 0.05) is 42.1 Å². The van der Waals surface area contributed by atoms with Gasteiger partial charge in [-0.05, 0) is 29.3 Å². The Morgan fingerprint density at radius 2 is 1.93 bits per heavy atom. The minimum Gasteiger partial charge on any atom is -0.379 e. The summed E-state index contributed by atoms with van der Waals surface area (Å²) < 4.78 is 2.03. The summed E-state index contributed by atoms with van der Waals surface area (Å²) in [6, 6.07) is 16.1. The van der Waals surface area contributed by atoms with E-state index in [2.05, 4.69) is 45.6 Å². The van der Waals surface area contributed by atoms with Gasteiger partial charge >= 0.3 is 0 Å². The van der Waals surface area contributed by atoms with Gasteiger partial charge in [0.05, 0.1) is 23.1 Å². The molecular formula is C21H16ClN5. The molecule has 0 fully saturated rings. The van der Waals surface area contributed by atoms with Crippen LogP contribution in [0.4, 0.5) is 5.69 Å². The highest BCUT2D eigenvalue weighted by Crippen LogP contribution is 2.28. The Kier molecular flexibility index (Phi) is 4.73. The van der Waals surface area contributed by atoms with Crippen LogP contribution in [0.25, 0.3) is 10.9 Å². The summed E-state index contributed by atoms with van der Waals surface area (Å²) in [5.41, 5.74) is 4.39. The average molecular weight is 374 g/mol. The van der Waals surface area contributed by atoms with Crippen LogP contribution in [-0.2, 0) is 13.1 Å². The van der Waals surface area contributed by atoms with Crippen molar-refractivity contribution in [3.8, 4) is 6.07 Å². The van der Waals surface area contributed by atoms with Crippen LogP contribution < -0.4 is 5.32 Å². The van der Waals surface area contributed by atoms with Crippen molar-refractivity contribution < 1.29 is 0 Å². The van der Waals surface area contributed by atoms with Crippen molar-refractivity contribution in [1.29, 1.82) is 5.26 Å². The van der Waals surface area contributed by atoms with Crippen LogP contribution >= 0.6 is 11.6 Å². The number of halogens is 1. The van der Waals surface area contributed by atoms with Gasteiger partial charge in [-0.25, -0.2) is 4.98 Å². The average Bonchev–Trinajstić information content (AvgIpc) is 3.20. The van der Waals surface area contributed by atoms with Gasteiger partial charge < -0.3 is 9.88 Å². The molecule has 0 aliphatic carbocycles. The fourth-order valence-corrected chi connectivity index (χ4v) is 3.16. The van der Waals surface area contributed by atoms with Crippen molar-refractivity contribution in [2.75, 3.05) is 5.32 Å². The molecule has 2 aromatic heterocycles. The van der Waals surface area contributed by atoms with Crippen molar-refractivity contribution in [1.82, 2.24) is 14.5 Å². The number of pyridine rings is 1. The van der Waals surface area contributed by atoms with Crippen LogP contribution in [0.3, 0.4) is 0 Å². The van der Waals surface area contributed by atoms with Crippen LogP contribution in [0, 0.1) is 11.3 Å². The van der Waals surface area contributed by atoms with Crippen molar-refractivity contribution in [3.05, 3.63) is 89.1 Å². The molecular weight excluding hydrogens is 358 g/mol. The Balaban J connectivity index is 1.55. The second-order valence-corrected chi connectivity index (χ2v) is 6.66. The SMILES string of the molecule is N#Cc1cnc2ccc(Cl)cc2c1NCc1ccc(Cn2ccnc2)cc1. The third-order valence-electron chi connectivity index (χ3n) is 4.37. The van der Waals surface area contributed by atoms with Crippen molar-refractivity contribution in [2.24, 2.45) is 0 Å². The van der Waals surface area contributed by atoms with Gasteiger partial charge in [0.2, 0.25) is 0 Å². The quantitative estimate of drug-likeness (QED) is 0.554. The summed E-state index contributed by atoms with van der Waals surface area (Å²) in [7, 11) is 0. The number of rotatable bonds is 5. The number of hydrogen-bond acceptors (Lipinski definition) is 4. The maximum atomic E-state index is 9.43. The van der Waals surface area contributed by atoms with Gasteiger partial charge in [-0.1, -0.05) is 35.9 Å². The number of nitrogens with one attached hydrogen (secondary N) is 1. The van der Waals surface area contributed by atoms with Gasteiger partial charge in [-0.2, -0.15) is 5.26 Å².